The van der Waals surface area contributed by atoms with Crippen molar-refractivity contribution in [1.82, 2.24) is 0 Å². The molecule has 2 nitrogen and oxygen atoms in total. The van der Waals surface area contributed by atoms with Gasteiger partial charge in [-0.1, -0.05) is 11.6 Å². The van der Waals surface area contributed by atoms with Gasteiger partial charge in [0, 0.05) is 11.4 Å². The molecule has 0 saturated carbocycles. The lowest BCUT2D eigenvalue weighted by Crippen LogP contribution is -2.00. The second-order valence-electron chi connectivity index (χ2n) is 3.61. The van der Waals surface area contributed by atoms with Gasteiger partial charge in [0.05, 0.1) is 5.02 Å². The number of anilines is 3. The third kappa shape index (κ3) is 2.51. The van der Waals surface area contributed by atoms with E-state index in [9.17, 15) is 13.2 Å². The average Bonchev–Trinajstić information content (AvgIpc) is 2.28. The molecule has 0 saturated heterocycles. The molecule has 0 amide bonds. The molecule has 3 N–H and O–H groups in total. The highest BCUT2D eigenvalue weighted by Gasteiger charge is 2.11. The molecule has 0 aliphatic carbocycles. The highest BCUT2D eigenvalue weighted by atomic mass is 35.5. The lowest BCUT2D eigenvalue weighted by molar-refractivity contribution is 0.591. The molecule has 18 heavy (non-hydrogen) atoms. The number of nitrogens with one attached hydrogen (secondary N) is 1. The molecule has 2 aromatic carbocycles. The van der Waals surface area contributed by atoms with Crippen LogP contribution in [-0.2, 0) is 0 Å². The highest BCUT2D eigenvalue weighted by molar-refractivity contribution is 6.30. The minimum absolute atomic E-state index is 0.0298. The Hall–Kier alpha value is -1.88. The topological polar surface area (TPSA) is 38.0 Å². The minimum atomic E-state index is -0.858. The first-order valence-corrected chi connectivity index (χ1v) is 5.32. The van der Waals surface area contributed by atoms with Crippen molar-refractivity contribution in [2.75, 3.05) is 11.1 Å². The third-order valence-electron chi connectivity index (χ3n) is 2.25. The molecule has 2 rings (SSSR count). The summed E-state index contributed by atoms with van der Waals surface area (Å²) in [4.78, 5) is 0. The summed E-state index contributed by atoms with van der Waals surface area (Å²) < 4.78 is 40.1. The van der Waals surface area contributed by atoms with Gasteiger partial charge in [-0.05, 0) is 30.3 Å². The van der Waals surface area contributed by atoms with Crippen LogP contribution in [-0.4, -0.2) is 0 Å². The number of nitrogens with two attached hydrogens (primary N) is 1. The molecule has 6 heteroatoms. The van der Waals surface area contributed by atoms with Crippen molar-refractivity contribution < 1.29 is 13.2 Å². The molecule has 0 radical (unpaired) electrons. The smallest absolute Gasteiger partial charge is 0.151 e. The predicted octanol–water partition coefficient (Wildman–Crippen LogP) is 4.08. The fraction of sp³-hybridized carbons (Fsp3) is 0. The van der Waals surface area contributed by atoms with E-state index in [1.54, 1.807) is 0 Å². The quantitative estimate of drug-likeness (QED) is 0.808. The van der Waals surface area contributed by atoms with Crippen LogP contribution in [0.25, 0.3) is 0 Å². The minimum Gasteiger partial charge on any atom is -0.399 e. The largest absolute Gasteiger partial charge is 0.399 e. The summed E-state index contributed by atoms with van der Waals surface area (Å²) in [6, 6.07) is 5.67. The first kappa shape index (κ1) is 12.6. The van der Waals surface area contributed by atoms with E-state index in [2.05, 4.69) is 5.32 Å². The fourth-order valence-corrected chi connectivity index (χ4v) is 1.55. The Morgan fingerprint density at radius 1 is 0.944 bits per heavy atom. The third-order valence-corrected chi connectivity index (χ3v) is 2.56. The van der Waals surface area contributed by atoms with E-state index in [1.165, 1.54) is 12.1 Å². The van der Waals surface area contributed by atoms with E-state index in [0.717, 1.165) is 18.2 Å². The van der Waals surface area contributed by atoms with Gasteiger partial charge in [-0.15, -0.1) is 0 Å². The van der Waals surface area contributed by atoms with Crippen molar-refractivity contribution in [2.45, 2.75) is 0 Å². The molecular weight excluding hydrogens is 265 g/mol. The Morgan fingerprint density at radius 3 is 2.11 bits per heavy atom. The van der Waals surface area contributed by atoms with Gasteiger partial charge >= 0.3 is 0 Å². The number of hydrogen-bond donors (Lipinski definition) is 2. The Kier molecular flexibility index (Phi) is 3.34. The van der Waals surface area contributed by atoms with Crippen LogP contribution in [0.15, 0.2) is 30.3 Å². The summed E-state index contributed by atoms with van der Waals surface area (Å²) in [5.41, 5.74) is 5.03. The summed E-state index contributed by atoms with van der Waals surface area (Å²) in [6.45, 7) is 0. The number of benzene rings is 2. The lowest BCUT2D eigenvalue weighted by Gasteiger charge is -2.10. The number of hydrogen-bond acceptors (Lipinski definition) is 2. The second kappa shape index (κ2) is 4.78. The van der Waals surface area contributed by atoms with Gasteiger partial charge in [-0.3, -0.25) is 0 Å². The number of rotatable bonds is 2. The molecule has 0 heterocycles. The van der Waals surface area contributed by atoms with Gasteiger partial charge in [0.15, 0.2) is 11.6 Å². The summed E-state index contributed by atoms with van der Waals surface area (Å²) in [5, 5.41) is 2.36. The molecule has 0 aliphatic heterocycles. The van der Waals surface area contributed by atoms with Crippen LogP contribution in [0.4, 0.5) is 30.2 Å². The van der Waals surface area contributed by atoms with Crippen molar-refractivity contribution in [2.24, 2.45) is 0 Å². The maximum Gasteiger partial charge on any atom is 0.151 e. The van der Waals surface area contributed by atoms with Gasteiger partial charge in [-0.25, -0.2) is 13.2 Å². The molecule has 0 bridgehead atoms. The fourth-order valence-electron chi connectivity index (χ4n) is 1.43. The van der Waals surface area contributed by atoms with Crippen molar-refractivity contribution in [3.63, 3.8) is 0 Å². The zero-order valence-corrected chi connectivity index (χ0v) is 9.73. The summed E-state index contributed by atoms with van der Waals surface area (Å²) in [6.07, 6.45) is 0. The Balaban J connectivity index is 2.37. The van der Waals surface area contributed by atoms with Crippen molar-refractivity contribution in [3.05, 3.63) is 52.8 Å². The first-order valence-electron chi connectivity index (χ1n) is 4.94. The van der Waals surface area contributed by atoms with E-state index >= 15 is 0 Å². The zero-order valence-electron chi connectivity index (χ0n) is 8.98. The van der Waals surface area contributed by atoms with E-state index in [4.69, 9.17) is 17.3 Å². The standard InChI is InChI=1S/C12H8ClF3N2/c13-8-2-1-7(5-9(8)14)18-12-10(15)3-6(17)4-11(12)16/h1-5,18H,17H2. The van der Waals surface area contributed by atoms with Gasteiger partial charge in [0.25, 0.3) is 0 Å². The summed E-state index contributed by atoms with van der Waals surface area (Å²) in [5.74, 6) is -2.40. The summed E-state index contributed by atoms with van der Waals surface area (Å²) >= 11 is 5.50. The zero-order chi connectivity index (χ0) is 13.3. The van der Waals surface area contributed by atoms with Gasteiger partial charge < -0.3 is 11.1 Å². The molecule has 0 atom stereocenters. The van der Waals surface area contributed by atoms with E-state index < -0.39 is 23.1 Å². The van der Waals surface area contributed by atoms with Crippen LogP contribution < -0.4 is 11.1 Å². The van der Waals surface area contributed by atoms with Crippen LogP contribution in [0.3, 0.4) is 0 Å². The van der Waals surface area contributed by atoms with E-state index in [1.807, 2.05) is 0 Å². The predicted molar refractivity (Wildman–Crippen MR) is 65.5 cm³/mol. The average molecular weight is 273 g/mol. The van der Waals surface area contributed by atoms with Gasteiger partial charge in [-0.2, -0.15) is 0 Å². The SMILES string of the molecule is Nc1cc(F)c(Nc2ccc(Cl)c(F)c2)c(F)c1. The van der Waals surface area contributed by atoms with Gasteiger partial charge in [0.2, 0.25) is 0 Å². The molecule has 0 aromatic heterocycles. The Bertz CT molecular complexity index is 579. The molecule has 0 aliphatic rings. The normalized spacial score (nSPS) is 10.4. The van der Waals surface area contributed by atoms with Crippen molar-refractivity contribution >= 4 is 28.7 Å². The van der Waals surface area contributed by atoms with E-state index in [-0.39, 0.29) is 16.4 Å². The van der Waals surface area contributed by atoms with Crippen molar-refractivity contribution in [1.29, 1.82) is 0 Å². The molecular formula is C12H8ClF3N2. The van der Waals surface area contributed by atoms with Gasteiger partial charge in [0.1, 0.15) is 11.5 Å². The summed E-state index contributed by atoms with van der Waals surface area (Å²) in [7, 11) is 0. The molecule has 0 unspecified atom stereocenters. The first-order chi connectivity index (χ1) is 8.47. The van der Waals surface area contributed by atoms with Crippen LogP contribution in [0, 0.1) is 17.5 Å². The molecule has 2 aromatic rings. The van der Waals surface area contributed by atoms with Crippen LogP contribution in [0.2, 0.25) is 5.02 Å². The van der Waals surface area contributed by atoms with E-state index in [0.29, 0.717) is 0 Å². The monoisotopic (exact) mass is 272 g/mol. The molecule has 0 spiro atoms. The van der Waals surface area contributed by atoms with Crippen LogP contribution in [0.5, 0.6) is 0 Å². The lowest BCUT2D eigenvalue weighted by atomic mass is 10.2. The number of nitrogen functional groups attached to an aromatic ring is 1. The Labute approximate surface area is 106 Å². The second-order valence-corrected chi connectivity index (χ2v) is 4.02. The Morgan fingerprint density at radius 2 is 1.56 bits per heavy atom. The van der Waals surface area contributed by atoms with Crippen molar-refractivity contribution in [3.8, 4) is 0 Å². The molecule has 94 valence electrons. The maximum atomic E-state index is 13.5. The highest BCUT2D eigenvalue weighted by Crippen LogP contribution is 2.27. The molecule has 0 fully saturated rings. The number of halogens is 4. The van der Waals surface area contributed by atoms with Crippen LogP contribution in [0.1, 0.15) is 0 Å². The maximum absolute atomic E-state index is 13.5. The van der Waals surface area contributed by atoms with Crippen LogP contribution >= 0.6 is 11.6 Å².